The van der Waals surface area contributed by atoms with Crippen LogP contribution in [0.15, 0.2) is 77.3 Å². The lowest BCUT2D eigenvalue weighted by atomic mass is 10.0. The maximum absolute atomic E-state index is 12.8. The van der Waals surface area contributed by atoms with E-state index in [1.54, 1.807) is 6.92 Å². The van der Waals surface area contributed by atoms with Crippen LogP contribution in [0, 0.1) is 6.92 Å². The Morgan fingerprint density at radius 2 is 1.70 bits per heavy atom. The lowest BCUT2D eigenvalue weighted by molar-refractivity contribution is 0.0953. The summed E-state index contributed by atoms with van der Waals surface area (Å²) < 4.78 is 5.28. The Hall–Kier alpha value is -3.40. The fraction of sp³-hybridized carbons (Fsp3) is 0.130. The van der Waals surface area contributed by atoms with Crippen molar-refractivity contribution < 1.29 is 9.32 Å². The second-order valence-corrected chi connectivity index (χ2v) is 6.47. The van der Waals surface area contributed by atoms with E-state index in [1.807, 2.05) is 42.5 Å². The summed E-state index contributed by atoms with van der Waals surface area (Å²) in [6.07, 6.45) is 0.762. The molecule has 0 saturated heterocycles. The molecule has 0 aliphatic carbocycles. The first-order valence-corrected chi connectivity index (χ1v) is 9.00. The molecule has 1 amide bonds. The average molecular weight is 356 g/mol. The summed E-state index contributed by atoms with van der Waals surface area (Å²) in [5.74, 6) is 0.365. The average Bonchev–Trinajstić information content (AvgIpc) is 3.10. The summed E-state index contributed by atoms with van der Waals surface area (Å²) in [7, 11) is 0. The Bertz CT molecular complexity index is 1080. The van der Waals surface area contributed by atoms with Gasteiger partial charge >= 0.3 is 0 Å². The van der Waals surface area contributed by atoms with Gasteiger partial charge in [-0.3, -0.25) is 4.79 Å². The lowest BCUT2D eigenvalue weighted by Crippen LogP contribution is -2.26. The van der Waals surface area contributed by atoms with Crippen molar-refractivity contribution in [1.29, 1.82) is 0 Å². The summed E-state index contributed by atoms with van der Waals surface area (Å²) >= 11 is 0. The van der Waals surface area contributed by atoms with Gasteiger partial charge in [0.05, 0.1) is 0 Å². The van der Waals surface area contributed by atoms with Gasteiger partial charge in [0.2, 0.25) is 0 Å². The largest absolute Gasteiger partial charge is 0.360 e. The minimum Gasteiger partial charge on any atom is -0.360 e. The molecular formula is C23H20N2O2. The molecule has 0 saturated carbocycles. The third-order valence-electron chi connectivity index (χ3n) is 4.70. The maximum atomic E-state index is 12.8. The maximum Gasteiger partial charge on any atom is 0.257 e. The van der Waals surface area contributed by atoms with E-state index in [2.05, 4.69) is 40.8 Å². The molecule has 0 fully saturated rings. The van der Waals surface area contributed by atoms with Crippen LogP contribution >= 0.6 is 0 Å². The number of benzene rings is 3. The molecular weight excluding hydrogens is 336 g/mol. The highest BCUT2D eigenvalue weighted by molar-refractivity contribution is 6.00. The summed E-state index contributed by atoms with van der Waals surface area (Å²) in [5, 5.41) is 9.52. The quantitative estimate of drug-likeness (QED) is 0.560. The van der Waals surface area contributed by atoms with Gasteiger partial charge in [0.1, 0.15) is 17.0 Å². The van der Waals surface area contributed by atoms with Crippen molar-refractivity contribution >= 4 is 16.7 Å². The molecule has 4 rings (SSSR count). The number of hydrogen-bond acceptors (Lipinski definition) is 3. The third-order valence-corrected chi connectivity index (χ3v) is 4.70. The lowest BCUT2D eigenvalue weighted by Gasteiger charge is -2.08. The number of hydrogen-bond donors (Lipinski definition) is 1. The van der Waals surface area contributed by atoms with Crippen molar-refractivity contribution in [3.05, 3.63) is 89.7 Å². The Morgan fingerprint density at radius 1 is 0.963 bits per heavy atom. The number of rotatable bonds is 5. The SMILES string of the molecule is Cc1onc(-c2ccccc2)c1C(=O)NCCc1cccc2ccccc12. The summed E-state index contributed by atoms with van der Waals surface area (Å²) in [4.78, 5) is 12.8. The smallest absolute Gasteiger partial charge is 0.257 e. The molecule has 0 bridgehead atoms. The van der Waals surface area contributed by atoms with Gasteiger partial charge in [-0.25, -0.2) is 0 Å². The predicted molar refractivity (Wildman–Crippen MR) is 107 cm³/mol. The zero-order valence-corrected chi connectivity index (χ0v) is 15.1. The molecule has 0 radical (unpaired) electrons. The van der Waals surface area contributed by atoms with Crippen molar-refractivity contribution in [3.63, 3.8) is 0 Å². The molecule has 0 spiro atoms. The molecule has 1 heterocycles. The van der Waals surface area contributed by atoms with Crippen LogP contribution in [0.1, 0.15) is 21.7 Å². The van der Waals surface area contributed by atoms with Crippen LogP contribution < -0.4 is 5.32 Å². The molecule has 4 aromatic rings. The molecule has 3 aromatic carbocycles. The van der Waals surface area contributed by atoms with Gasteiger partial charge in [0, 0.05) is 12.1 Å². The molecule has 0 aliphatic heterocycles. The van der Waals surface area contributed by atoms with Crippen molar-refractivity contribution in [1.82, 2.24) is 10.5 Å². The number of carbonyl (C=O) groups excluding carboxylic acids is 1. The van der Waals surface area contributed by atoms with Crippen LogP contribution in [0.4, 0.5) is 0 Å². The number of aryl methyl sites for hydroxylation is 1. The Morgan fingerprint density at radius 3 is 2.56 bits per heavy atom. The van der Waals surface area contributed by atoms with E-state index in [9.17, 15) is 4.79 Å². The third kappa shape index (κ3) is 3.47. The zero-order chi connectivity index (χ0) is 18.6. The van der Waals surface area contributed by atoms with Gasteiger partial charge in [0.25, 0.3) is 5.91 Å². The van der Waals surface area contributed by atoms with E-state index < -0.39 is 0 Å². The van der Waals surface area contributed by atoms with Crippen LogP contribution in [0.25, 0.3) is 22.0 Å². The molecule has 4 heteroatoms. The summed E-state index contributed by atoms with van der Waals surface area (Å²) in [6.45, 7) is 2.31. The minimum absolute atomic E-state index is 0.159. The van der Waals surface area contributed by atoms with Gasteiger partial charge in [0.15, 0.2) is 0 Å². The Kier molecular flexibility index (Phi) is 4.71. The molecule has 1 aromatic heterocycles. The predicted octanol–water partition coefficient (Wildman–Crippen LogP) is 4.78. The fourth-order valence-electron chi connectivity index (χ4n) is 3.34. The number of carbonyl (C=O) groups is 1. The molecule has 134 valence electrons. The van der Waals surface area contributed by atoms with Crippen molar-refractivity contribution in [2.45, 2.75) is 13.3 Å². The molecule has 4 nitrogen and oxygen atoms in total. The number of nitrogens with zero attached hydrogens (tertiary/aromatic N) is 1. The van der Waals surface area contributed by atoms with E-state index in [-0.39, 0.29) is 5.91 Å². The standard InChI is InChI=1S/C23H20N2O2/c1-16-21(22(25-27-16)19-9-3-2-4-10-19)23(26)24-15-14-18-12-7-11-17-8-5-6-13-20(17)18/h2-13H,14-15H2,1H3,(H,24,26). The van der Waals surface area contributed by atoms with Gasteiger partial charge < -0.3 is 9.84 Å². The molecule has 0 unspecified atom stereocenters. The first-order chi connectivity index (χ1) is 13.2. The van der Waals surface area contributed by atoms with Crippen LogP contribution in [0.3, 0.4) is 0 Å². The van der Waals surface area contributed by atoms with Gasteiger partial charge in [-0.15, -0.1) is 0 Å². The normalized spacial score (nSPS) is 10.9. The Balaban J connectivity index is 1.50. The fourth-order valence-corrected chi connectivity index (χ4v) is 3.34. The number of fused-ring (bicyclic) bond motifs is 1. The monoisotopic (exact) mass is 356 g/mol. The highest BCUT2D eigenvalue weighted by Crippen LogP contribution is 2.25. The molecule has 0 atom stereocenters. The van der Waals surface area contributed by atoms with E-state index in [4.69, 9.17) is 4.52 Å². The van der Waals surface area contributed by atoms with Crippen LogP contribution in [-0.4, -0.2) is 17.6 Å². The van der Waals surface area contributed by atoms with Gasteiger partial charge in [-0.2, -0.15) is 0 Å². The van der Waals surface area contributed by atoms with Gasteiger partial charge in [-0.05, 0) is 29.7 Å². The number of nitrogens with one attached hydrogen (secondary N) is 1. The topological polar surface area (TPSA) is 55.1 Å². The van der Waals surface area contributed by atoms with Crippen LogP contribution in [0.5, 0.6) is 0 Å². The van der Waals surface area contributed by atoms with Crippen molar-refractivity contribution in [3.8, 4) is 11.3 Å². The second kappa shape index (κ2) is 7.46. The van der Waals surface area contributed by atoms with Crippen molar-refractivity contribution in [2.75, 3.05) is 6.54 Å². The van der Waals surface area contributed by atoms with Crippen molar-refractivity contribution in [2.24, 2.45) is 0 Å². The highest BCUT2D eigenvalue weighted by Gasteiger charge is 2.21. The first-order valence-electron chi connectivity index (χ1n) is 9.00. The summed E-state index contributed by atoms with van der Waals surface area (Å²) in [6, 6.07) is 24.2. The first kappa shape index (κ1) is 17.0. The number of amides is 1. The van der Waals surface area contributed by atoms with Gasteiger partial charge in [-0.1, -0.05) is 78.0 Å². The Labute approximate surface area is 157 Å². The van der Waals surface area contributed by atoms with E-state index in [1.165, 1.54) is 16.3 Å². The molecule has 27 heavy (non-hydrogen) atoms. The zero-order valence-electron chi connectivity index (χ0n) is 15.1. The molecule has 0 aliphatic rings. The van der Waals surface area contributed by atoms with E-state index >= 15 is 0 Å². The van der Waals surface area contributed by atoms with Crippen LogP contribution in [0.2, 0.25) is 0 Å². The van der Waals surface area contributed by atoms with Crippen LogP contribution in [-0.2, 0) is 6.42 Å². The van der Waals surface area contributed by atoms with E-state index in [0.29, 0.717) is 23.6 Å². The minimum atomic E-state index is -0.159. The summed E-state index contributed by atoms with van der Waals surface area (Å²) in [5.41, 5.74) is 3.17. The van der Waals surface area contributed by atoms with E-state index in [0.717, 1.165) is 12.0 Å². The second-order valence-electron chi connectivity index (χ2n) is 6.47. The number of aromatic nitrogens is 1. The highest BCUT2D eigenvalue weighted by atomic mass is 16.5. The molecule has 1 N–H and O–H groups in total.